The van der Waals surface area contributed by atoms with E-state index in [1.54, 1.807) is 0 Å². The maximum Gasteiger partial charge on any atom is 0.241 e. The minimum atomic E-state index is -3.68. The van der Waals surface area contributed by atoms with Crippen LogP contribution >= 0.6 is 11.3 Å². The van der Waals surface area contributed by atoms with Gasteiger partial charge in [-0.1, -0.05) is 36.4 Å². The lowest BCUT2D eigenvalue weighted by Gasteiger charge is -2.07. The first kappa shape index (κ1) is 21.5. The van der Waals surface area contributed by atoms with Gasteiger partial charge in [0.05, 0.1) is 16.8 Å². The lowest BCUT2D eigenvalue weighted by molar-refractivity contribution is 0.429. The zero-order valence-corrected chi connectivity index (χ0v) is 18.6. The van der Waals surface area contributed by atoms with Crippen LogP contribution in [0.2, 0.25) is 0 Å². The third-order valence-corrected chi connectivity index (χ3v) is 7.15. The summed E-state index contributed by atoms with van der Waals surface area (Å²) in [5, 5.41) is 6.71. The number of thiol groups is 1. The van der Waals surface area contributed by atoms with Crippen molar-refractivity contribution < 1.29 is 21.3 Å². The average Bonchev–Trinajstić information content (AvgIpc) is 3.34. The molecule has 2 N–H and O–H groups in total. The number of fused-ring (bicyclic) bond motifs is 1. The molecule has 2 aromatic heterocycles. The van der Waals surface area contributed by atoms with Crippen molar-refractivity contribution in [3.05, 3.63) is 65.3 Å². The van der Waals surface area contributed by atoms with E-state index < -0.39 is 26.0 Å². The fourth-order valence-corrected chi connectivity index (χ4v) is 5.64. The van der Waals surface area contributed by atoms with Crippen LogP contribution in [0, 0.1) is 0 Å². The van der Waals surface area contributed by atoms with Crippen LogP contribution in [-0.4, -0.2) is 38.3 Å². The summed E-state index contributed by atoms with van der Waals surface area (Å²) in [4.78, 5) is 6.52. The SMILES string of the molecule is CS(=O)(=O)C(c1nnc(CNN[SH](=O)=O)o1)c1nc2cc(-c3ccccc3)ccc2s1. The summed E-state index contributed by atoms with van der Waals surface area (Å²) in [6, 6.07) is 15.6. The van der Waals surface area contributed by atoms with Crippen molar-refractivity contribution in [1.82, 2.24) is 25.4 Å². The molecule has 2 heterocycles. The minimum Gasteiger partial charge on any atom is -0.422 e. The molecule has 0 radical (unpaired) electrons. The maximum absolute atomic E-state index is 12.5. The van der Waals surface area contributed by atoms with Crippen molar-refractivity contribution in [3.63, 3.8) is 0 Å². The first-order valence-electron chi connectivity index (χ1n) is 8.91. The van der Waals surface area contributed by atoms with Crippen molar-refractivity contribution in [2.75, 3.05) is 6.26 Å². The van der Waals surface area contributed by atoms with Crippen molar-refractivity contribution in [2.24, 2.45) is 0 Å². The van der Waals surface area contributed by atoms with Gasteiger partial charge in [-0.3, -0.25) is 0 Å². The van der Waals surface area contributed by atoms with Crippen LogP contribution < -0.4 is 10.3 Å². The standard InChI is InChI=1S/C18H17N5O5S3/c1-31(26,27)16(17-22-21-15(28-17)10-19-23-30(24)25)18-20-13-9-12(7-8-14(13)29-18)11-5-3-2-4-6-11/h2-9,16,19,30H,10H2,1H3,(H,23,24,25). The van der Waals surface area contributed by atoms with Gasteiger partial charge in [0.25, 0.3) is 0 Å². The molecule has 10 nitrogen and oxygen atoms in total. The molecule has 0 aliphatic heterocycles. The molecular weight excluding hydrogens is 462 g/mol. The minimum absolute atomic E-state index is 0.0282. The molecule has 4 aromatic rings. The Bertz CT molecular complexity index is 1390. The molecule has 0 bridgehead atoms. The van der Waals surface area contributed by atoms with Gasteiger partial charge in [0.15, 0.2) is 15.1 Å². The van der Waals surface area contributed by atoms with Crippen LogP contribution in [0.1, 0.15) is 22.0 Å². The Labute approximate surface area is 183 Å². The molecule has 1 unspecified atom stereocenters. The third-order valence-electron chi connectivity index (χ3n) is 4.28. The van der Waals surface area contributed by atoms with E-state index in [1.165, 1.54) is 11.3 Å². The molecule has 0 fully saturated rings. The zero-order chi connectivity index (χ0) is 22.0. The quantitative estimate of drug-likeness (QED) is 0.253. The Balaban J connectivity index is 1.68. The first-order chi connectivity index (χ1) is 14.8. The van der Waals surface area contributed by atoms with Gasteiger partial charge in [0, 0.05) is 6.26 Å². The van der Waals surface area contributed by atoms with Crippen molar-refractivity contribution in [3.8, 4) is 11.1 Å². The summed E-state index contributed by atoms with van der Waals surface area (Å²) in [5.41, 5.74) is 5.03. The van der Waals surface area contributed by atoms with Crippen LogP contribution in [0.3, 0.4) is 0 Å². The van der Waals surface area contributed by atoms with Gasteiger partial charge in [-0.2, -0.15) is 4.83 Å². The predicted molar refractivity (Wildman–Crippen MR) is 116 cm³/mol. The summed E-state index contributed by atoms with van der Waals surface area (Å²) in [5.74, 6) is -0.103. The van der Waals surface area contributed by atoms with E-state index in [0.29, 0.717) is 10.5 Å². The molecule has 31 heavy (non-hydrogen) atoms. The molecule has 0 saturated carbocycles. The lowest BCUT2D eigenvalue weighted by atomic mass is 10.1. The number of hydrazine groups is 1. The van der Waals surface area contributed by atoms with Crippen LogP contribution in [0.25, 0.3) is 21.3 Å². The fraction of sp³-hybridized carbons (Fsp3) is 0.167. The lowest BCUT2D eigenvalue weighted by Crippen LogP contribution is -2.29. The second-order valence-corrected chi connectivity index (χ2v) is 10.5. The summed E-state index contributed by atoms with van der Waals surface area (Å²) in [6.07, 6.45) is 1.07. The van der Waals surface area contributed by atoms with Crippen LogP contribution in [0.15, 0.2) is 52.9 Å². The summed E-state index contributed by atoms with van der Waals surface area (Å²) in [6.45, 7) is -0.104. The van der Waals surface area contributed by atoms with Crippen LogP contribution in [-0.2, 0) is 27.3 Å². The zero-order valence-electron chi connectivity index (χ0n) is 16.0. The molecule has 162 valence electrons. The van der Waals surface area contributed by atoms with Gasteiger partial charge >= 0.3 is 0 Å². The summed E-state index contributed by atoms with van der Waals surface area (Å²) >= 11 is 1.24. The van der Waals surface area contributed by atoms with Gasteiger partial charge in [-0.05, 0) is 23.3 Å². The predicted octanol–water partition coefficient (Wildman–Crippen LogP) is 1.60. The van der Waals surface area contributed by atoms with Gasteiger partial charge in [0.1, 0.15) is 5.01 Å². The van der Waals surface area contributed by atoms with E-state index >= 15 is 0 Å². The Kier molecular flexibility index (Phi) is 6.11. The molecule has 13 heteroatoms. The van der Waals surface area contributed by atoms with Crippen LogP contribution in [0.5, 0.6) is 0 Å². The number of nitrogens with zero attached hydrogens (tertiary/aromatic N) is 3. The molecule has 2 aromatic carbocycles. The smallest absolute Gasteiger partial charge is 0.241 e. The highest BCUT2D eigenvalue weighted by Crippen LogP contribution is 2.36. The molecule has 0 aliphatic carbocycles. The van der Waals surface area contributed by atoms with Gasteiger partial charge in [-0.25, -0.2) is 27.2 Å². The van der Waals surface area contributed by atoms with Crippen LogP contribution in [0.4, 0.5) is 0 Å². The molecule has 0 aliphatic rings. The highest BCUT2D eigenvalue weighted by Gasteiger charge is 2.33. The Morgan fingerprint density at radius 3 is 2.58 bits per heavy atom. The Morgan fingerprint density at radius 1 is 1.10 bits per heavy atom. The van der Waals surface area contributed by atoms with Crippen molar-refractivity contribution in [1.29, 1.82) is 0 Å². The van der Waals surface area contributed by atoms with E-state index in [2.05, 4.69) is 20.6 Å². The second-order valence-electron chi connectivity index (χ2n) is 6.57. The largest absolute Gasteiger partial charge is 0.422 e. The monoisotopic (exact) mass is 479 g/mol. The molecule has 4 rings (SSSR count). The van der Waals surface area contributed by atoms with Gasteiger partial charge < -0.3 is 4.42 Å². The number of hydrogen-bond acceptors (Lipinski definition) is 10. The third kappa shape index (κ3) is 4.97. The fourth-order valence-electron chi connectivity index (χ4n) is 2.96. The molecule has 0 saturated heterocycles. The van der Waals surface area contributed by atoms with E-state index in [0.717, 1.165) is 22.1 Å². The normalized spacial score (nSPS) is 13.1. The number of thiazole rings is 1. The Hall–Kier alpha value is -2.71. The maximum atomic E-state index is 12.5. The highest BCUT2D eigenvalue weighted by molar-refractivity contribution is 7.91. The van der Waals surface area contributed by atoms with Gasteiger partial charge in [-0.15, -0.1) is 21.5 Å². The number of nitrogens with one attached hydrogen (secondary N) is 2. The van der Waals surface area contributed by atoms with E-state index in [9.17, 15) is 16.8 Å². The number of hydrogen-bond donors (Lipinski definition) is 3. The number of rotatable bonds is 8. The van der Waals surface area contributed by atoms with Crippen molar-refractivity contribution >= 4 is 42.3 Å². The van der Waals surface area contributed by atoms with E-state index in [1.807, 2.05) is 53.4 Å². The van der Waals surface area contributed by atoms with Gasteiger partial charge in [0.2, 0.25) is 22.7 Å². The number of sulfone groups is 1. The van der Waals surface area contributed by atoms with Crippen molar-refractivity contribution in [2.45, 2.75) is 11.8 Å². The van der Waals surface area contributed by atoms with E-state index in [-0.39, 0.29) is 18.3 Å². The topological polar surface area (TPSA) is 144 Å². The molecular formula is C18H17N5O5S3. The highest BCUT2D eigenvalue weighted by atomic mass is 32.2. The first-order valence-corrected chi connectivity index (χ1v) is 12.9. The molecule has 0 spiro atoms. The summed E-state index contributed by atoms with van der Waals surface area (Å²) in [7, 11) is -6.53. The molecule has 0 amide bonds. The summed E-state index contributed by atoms with van der Waals surface area (Å²) < 4.78 is 52.4. The van der Waals surface area contributed by atoms with E-state index in [4.69, 9.17) is 4.42 Å². The average molecular weight is 480 g/mol. The molecule has 1 atom stereocenters. The number of aromatic nitrogens is 3. The Morgan fingerprint density at radius 2 is 1.87 bits per heavy atom. The number of benzene rings is 2. The second kappa shape index (κ2) is 8.80.